The molecule has 164 valence electrons. The third kappa shape index (κ3) is 4.43. The number of esters is 1. The molecular weight excluding hydrogens is 430 g/mol. The SMILES string of the molecule is O=C(COC(=O)Cc1csc(-c2ccccn2)n1)Nc1ccc2c(c1)OC1(CCCC1)O2. The molecule has 1 saturated carbocycles. The minimum atomic E-state index is -0.549. The highest BCUT2D eigenvalue weighted by atomic mass is 32.1. The van der Waals surface area contributed by atoms with Crippen molar-refractivity contribution in [2.45, 2.75) is 37.9 Å². The lowest BCUT2D eigenvalue weighted by Gasteiger charge is -2.21. The van der Waals surface area contributed by atoms with E-state index in [1.165, 1.54) is 11.3 Å². The van der Waals surface area contributed by atoms with Crippen LogP contribution in [0.4, 0.5) is 5.69 Å². The van der Waals surface area contributed by atoms with Gasteiger partial charge in [-0.25, -0.2) is 4.98 Å². The number of nitrogens with one attached hydrogen (secondary N) is 1. The van der Waals surface area contributed by atoms with Gasteiger partial charge in [-0.2, -0.15) is 0 Å². The van der Waals surface area contributed by atoms with Gasteiger partial charge in [0.05, 0.1) is 17.8 Å². The third-order valence-corrected chi connectivity index (χ3v) is 6.22. The molecule has 2 aliphatic rings. The Labute approximate surface area is 188 Å². The van der Waals surface area contributed by atoms with Gasteiger partial charge in [0.25, 0.3) is 11.7 Å². The molecule has 1 amide bonds. The normalized spacial score (nSPS) is 15.6. The van der Waals surface area contributed by atoms with Gasteiger partial charge in [-0.3, -0.25) is 14.6 Å². The average molecular weight is 452 g/mol. The van der Waals surface area contributed by atoms with Gasteiger partial charge in [0.1, 0.15) is 5.01 Å². The van der Waals surface area contributed by atoms with Crippen LogP contribution in [0.2, 0.25) is 0 Å². The summed E-state index contributed by atoms with van der Waals surface area (Å²) in [6.45, 7) is -0.381. The van der Waals surface area contributed by atoms with Crippen LogP contribution in [-0.2, 0) is 20.7 Å². The van der Waals surface area contributed by atoms with E-state index in [0.29, 0.717) is 22.9 Å². The average Bonchev–Trinajstić information content (AvgIpc) is 3.53. The van der Waals surface area contributed by atoms with Crippen LogP contribution in [0.3, 0.4) is 0 Å². The molecule has 0 bridgehead atoms. The number of ether oxygens (including phenoxy) is 3. The molecule has 1 spiro atoms. The Hall–Kier alpha value is -3.46. The molecule has 5 rings (SSSR count). The molecular formula is C23H21N3O5S. The number of nitrogens with zero attached hydrogens (tertiary/aromatic N) is 2. The van der Waals surface area contributed by atoms with Crippen molar-refractivity contribution in [3.63, 3.8) is 0 Å². The van der Waals surface area contributed by atoms with E-state index in [2.05, 4.69) is 15.3 Å². The number of carbonyl (C=O) groups is 2. The topological polar surface area (TPSA) is 99.6 Å². The Morgan fingerprint density at radius 2 is 1.97 bits per heavy atom. The number of fused-ring (bicyclic) bond motifs is 1. The first-order chi connectivity index (χ1) is 15.6. The van der Waals surface area contributed by atoms with Crippen LogP contribution in [0.15, 0.2) is 48.0 Å². The first-order valence-corrected chi connectivity index (χ1v) is 11.3. The van der Waals surface area contributed by atoms with Gasteiger partial charge in [-0.1, -0.05) is 6.07 Å². The molecule has 3 heterocycles. The zero-order chi connectivity index (χ0) is 22.0. The van der Waals surface area contributed by atoms with Gasteiger partial charge in [-0.15, -0.1) is 11.3 Å². The van der Waals surface area contributed by atoms with Crippen LogP contribution < -0.4 is 14.8 Å². The van der Waals surface area contributed by atoms with Gasteiger partial charge in [0.2, 0.25) is 0 Å². The fraction of sp³-hybridized carbons (Fsp3) is 0.304. The van der Waals surface area contributed by atoms with Crippen LogP contribution >= 0.6 is 11.3 Å². The maximum absolute atomic E-state index is 12.2. The maximum atomic E-state index is 12.2. The summed E-state index contributed by atoms with van der Waals surface area (Å²) in [5.41, 5.74) is 1.89. The summed E-state index contributed by atoms with van der Waals surface area (Å²) in [5.74, 6) is -0.196. The highest BCUT2D eigenvalue weighted by Gasteiger charge is 2.44. The first-order valence-electron chi connectivity index (χ1n) is 10.4. The fourth-order valence-electron chi connectivity index (χ4n) is 3.83. The number of rotatable bonds is 6. The predicted molar refractivity (Wildman–Crippen MR) is 118 cm³/mol. The Balaban J connectivity index is 1.11. The molecule has 1 aliphatic carbocycles. The van der Waals surface area contributed by atoms with E-state index in [1.807, 2.05) is 18.2 Å². The van der Waals surface area contributed by atoms with Gasteiger partial charge in [-0.05, 0) is 37.1 Å². The van der Waals surface area contributed by atoms with Gasteiger partial charge < -0.3 is 19.5 Å². The number of anilines is 1. The van der Waals surface area contributed by atoms with Gasteiger partial charge in [0, 0.05) is 36.2 Å². The van der Waals surface area contributed by atoms with Crippen LogP contribution in [0.1, 0.15) is 31.4 Å². The molecule has 8 nitrogen and oxygen atoms in total. The summed E-state index contributed by atoms with van der Waals surface area (Å²) in [6, 6.07) is 10.8. The highest BCUT2D eigenvalue weighted by Crippen LogP contribution is 2.47. The van der Waals surface area contributed by atoms with Crippen molar-refractivity contribution >= 4 is 28.9 Å². The third-order valence-electron chi connectivity index (χ3n) is 5.31. The molecule has 0 radical (unpaired) electrons. The molecule has 0 unspecified atom stereocenters. The quantitative estimate of drug-likeness (QED) is 0.566. The standard InChI is InChI=1S/C23H21N3O5S/c27-20(25-15-6-7-18-19(11-15)31-23(30-18)8-2-3-9-23)13-29-21(28)12-16-14-32-22(26-16)17-5-1-4-10-24-17/h1,4-7,10-11,14H,2-3,8-9,12-13H2,(H,25,27). The molecule has 3 aromatic rings. The summed E-state index contributed by atoms with van der Waals surface area (Å²) in [4.78, 5) is 33.0. The van der Waals surface area contributed by atoms with E-state index in [1.54, 1.807) is 29.8 Å². The van der Waals surface area contributed by atoms with Crippen LogP contribution in [0.5, 0.6) is 11.5 Å². The Morgan fingerprint density at radius 1 is 1.12 bits per heavy atom. The zero-order valence-electron chi connectivity index (χ0n) is 17.2. The van der Waals surface area contributed by atoms with Crippen molar-refractivity contribution in [1.82, 2.24) is 9.97 Å². The van der Waals surface area contributed by atoms with Crippen molar-refractivity contribution in [2.75, 3.05) is 11.9 Å². The lowest BCUT2D eigenvalue weighted by Crippen LogP contribution is -2.34. The van der Waals surface area contributed by atoms with E-state index in [9.17, 15) is 9.59 Å². The molecule has 1 fully saturated rings. The number of aromatic nitrogens is 2. The summed E-state index contributed by atoms with van der Waals surface area (Å²) < 4.78 is 17.1. The number of amides is 1. The lowest BCUT2D eigenvalue weighted by molar-refractivity contribution is -0.146. The summed E-state index contributed by atoms with van der Waals surface area (Å²) in [7, 11) is 0. The minimum absolute atomic E-state index is 0.0112. The molecule has 2 aromatic heterocycles. The minimum Gasteiger partial charge on any atom is -0.455 e. The maximum Gasteiger partial charge on any atom is 0.312 e. The van der Waals surface area contributed by atoms with Crippen LogP contribution in [0, 0.1) is 0 Å². The molecule has 0 atom stereocenters. The number of hydrogen-bond donors (Lipinski definition) is 1. The van der Waals surface area contributed by atoms with E-state index >= 15 is 0 Å². The van der Waals surface area contributed by atoms with Crippen molar-refractivity contribution in [3.8, 4) is 22.2 Å². The predicted octanol–water partition coefficient (Wildman–Crippen LogP) is 3.97. The van der Waals surface area contributed by atoms with Gasteiger partial charge >= 0.3 is 5.97 Å². The fourth-order valence-corrected chi connectivity index (χ4v) is 4.62. The Kier molecular flexibility index (Phi) is 5.48. The van der Waals surface area contributed by atoms with Crippen molar-refractivity contribution in [3.05, 3.63) is 53.7 Å². The summed E-state index contributed by atoms with van der Waals surface area (Å²) in [6.07, 6.45) is 5.56. The van der Waals surface area contributed by atoms with Crippen molar-refractivity contribution < 1.29 is 23.8 Å². The van der Waals surface area contributed by atoms with Gasteiger partial charge in [0.15, 0.2) is 18.1 Å². The number of carbonyl (C=O) groups excluding carboxylic acids is 2. The van der Waals surface area contributed by atoms with E-state index in [0.717, 1.165) is 36.4 Å². The summed E-state index contributed by atoms with van der Waals surface area (Å²) >= 11 is 1.40. The molecule has 1 aliphatic heterocycles. The monoisotopic (exact) mass is 451 g/mol. The van der Waals surface area contributed by atoms with E-state index < -0.39 is 17.7 Å². The second kappa shape index (κ2) is 8.58. The second-order valence-corrected chi connectivity index (χ2v) is 8.59. The molecule has 32 heavy (non-hydrogen) atoms. The second-order valence-electron chi connectivity index (χ2n) is 7.73. The smallest absolute Gasteiger partial charge is 0.312 e. The number of hydrogen-bond acceptors (Lipinski definition) is 8. The van der Waals surface area contributed by atoms with Crippen molar-refractivity contribution in [1.29, 1.82) is 0 Å². The molecule has 1 N–H and O–H groups in total. The first kappa shape index (κ1) is 20.4. The van der Waals surface area contributed by atoms with E-state index in [-0.39, 0.29) is 13.0 Å². The van der Waals surface area contributed by atoms with Crippen molar-refractivity contribution in [2.24, 2.45) is 0 Å². The summed E-state index contributed by atoms with van der Waals surface area (Å²) in [5, 5.41) is 5.24. The largest absolute Gasteiger partial charge is 0.455 e. The lowest BCUT2D eigenvalue weighted by atomic mass is 10.2. The molecule has 0 saturated heterocycles. The van der Waals surface area contributed by atoms with Crippen LogP contribution in [0.25, 0.3) is 10.7 Å². The Bertz CT molecular complexity index is 1140. The molecule has 1 aromatic carbocycles. The number of thiazole rings is 1. The Morgan fingerprint density at radius 3 is 2.78 bits per heavy atom. The zero-order valence-corrected chi connectivity index (χ0v) is 18.0. The van der Waals surface area contributed by atoms with Crippen LogP contribution in [-0.4, -0.2) is 34.2 Å². The molecule has 9 heteroatoms. The highest BCUT2D eigenvalue weighted by molar-refractivity contribution is 7.13. The number of pyridine rings is 1. The van der Waals surface area contributed by atoms with E-state index in [4.69, 9.17) is 14.2 Å². The number of benzene rings is 1.